The lowest BCUT2D eigenvalue weighted by Gasteiger charge is -2.36. The van der Waals surface area contributed by atoms with E-state index in [2.05, 4.69) is 15.2 Å². The van der Waals surface area contributed by atoms with Gasteiger partial charge in [-0.05, 0) is 36.4 Å². The van der Waals surface area contributed by atoms with E-state index in [-0.39, 0.29) is 17.9 Å². The molecule has 1 saturated heterocycles. The molecule has 0 saturated carbocycles. The maximum absolute atomic E-state index is 13.6. The summed E-state index contributed by atoms with van der Waals surface area (Å²) in [4.78, 5) is 20.4. The summed E-state index contributed by atoms with van der Waals surface area (Å²) in [6, 6.07) is 12.3. The van der Waals surface area contributed by atoms with Gasteiger partial charge in [0.05, 0.1) is 12.1 Å². The fourth-order valence-corrected chi connectivity index (χ4v) is 3.03. The van der Waals surface area contributed by atoms with Gasteiger partial charge in [-0.25, -0.2) is 8.78 Å². The Balaban J connectivity index is 1.43. The van der Waals surface area contributed by atoms with Crippen molar-refractivity contribution in [3.63, 3.8) is 0 Å². The molecule has 0 atom stereocenters. The number of rotatable bonds is 5. The number of carbonyl (C=O) groups is 1. The first-order valence-corrected chi connectivity index (χ1v) is 9.12. The number of anilines is 1. The van der Waals surface area contributed by atoms with Crippen LogP contribution < -0.4 is 16.0 Å². The quantitative estimate of drug-likeness (QED) is 0.466. The molecule has 0 aliphatic carbocycles. The van der Waals surface area contributed by atoms with E-state index in [1.807, 2.05) is 4.90 Å². The Morgan fingerprint density at radius 3 is 2.39 bits per heavy atom. The van der Waals surface area contributed by atoms with Crippen molar-refractivity contribution in [1.82, 2.24) is 10.2 Å². The molecule has 1 aliphatic heterocycles. The second-order valence-corrected chi connectivity index (χ2v) is 6.43. The van der Waals surface area contributed by atoms with Crippen molar-refractivity contribution in [3.8, 4) is 0 Å². The fourth-order valence-electron chi connectivity index (χ4n) is 3.03. The maximum Gasteiger partial charge on any atom is 0.254 e. The molecule has 148 valence electrons. The van der Waals surface area contributed by atoms with E-state index in [1.54, 1.807) is 18.2 Å². The van der Waals surface area contributed by atoms with E-state index in [9.17, 15) is 13.6 Å². The molecule has 0 bridgehead atoms. The first-order chi connectivity index (χ1) is 13.5. The van der Waals surface area contributed by atoms with Crippen LogP contribution in [0.25, 0.3) is 0 Å². The largest absolute Gasteiger partial charge is 0.370 e. The topological polar surface area (TPSA) is 74.0 Å². The second-order valence-electron chi connectivity index (χ2n) is 6.43. The maximum atomic E-state index is 13.6. The molecule has 3 N–H and O–H groups in total. The highest BCUT2D eigenvalue weighted by atomic mass is 19.1. The van der Waals surface area contributed by atoms with E-state index >= 15 is 0 Å². The van der Waals surface area contributed by atoms with E-state index in [0.29, 0.717) is 25.6 Å². The number of nitrogens with one attached hydrogen (secondary N) is 1. The molecular weight excluding hydrogens is 364 g/mol. The molecular formula is C20H23F2N5O. The van der Waals surface area contributed by atoms with Crippen molar-refractivity contribution in [1.29, 1.82) is 0 Å². The second kappa shape index (κ2) is 9.16. The minimum Gasteiger partial charge on any atom is -0.370 e. The zero-order valence-electron chi connectivity index (χ0n) is 15.4. The SMILES string of the molecule is NC(=NCCNC(=O)c1ccccc1F)N1CCN(c2ccc(F)cc2)CC1. The van der Waals surface area contributed by atoms with Crippen molar-refractivity contribution in [3.05, 3.63) is 65.7 Å². The summed E-state index contributed by atoms with van der Waals surface area (Å²) in [7, 11) is 0. The molecule has 8 heteroatoms. The van der Waals surface area contributed by atoms with Gasteiger partial charge in [-0.3, -0.25) is 9.79 Å². The number of nitrogens with two attached hydrogens (primary N) is 1. The molecule has 1 fully saturated rings. The Labute approximate surface area is 162 Å². The van der Waals surface area contributed by atoms with Crippen molar-refractivity contribution >= 4 is 17.6 Å². The number of hydrogen-bond donors (Lipinski definition) is 2. The van der Waals surface area contributed by atoms with Crippen molar-refractivity contribution in [2.45, 2.75) is 0 Å². The number of nitrogens with zero attached hydrogens (tertiary/aromatic N) is 3. The molecule has 2 aromatic rings. The van der Waals surface area contributed by atoms with Crippen molar-refractivity contribution in [2.75, 3.05) is 44.2 Å². The Morgan fingerprint density at radius 1 is 1.04 bits per heavy atom. The number of aliphatic imine (C=N–C) groups is 1. The fraction of sp³-hybridized carbons (Fsp3) is 0.300. The van der Waals surface area contributed by atoms with Gasteiger partial charge in [0.25, 0.3) is 5.91 Å². The minimum absolute atomic E-state index is 0.0105. The highest BCUT2D eigenvalue weighted by Gasteiger charge is 2.18. The summed E-state index contributed by atoms with van der Waals surface area (Å²) in [5, 5.41) is 2.63. The Kier molecular flexibility index (Phi) is 6.41. The summed E-state index contributed by atoms with van der Waals surface area (Å²) in [6.07, 6.45) is 0. The molecule has 0 unspecified atom stereocenters. The van der Waals surface area contributed by atoms with Crippen LogP contribution in [0.5, 0.6) is 0 Å². The first-order valence-electron chi connectivity index (χ1n) is 9.12. The van der Waals surface area contributed by atoms with Crippen LogP contribution in [0.15, 0.2) is 53.5 Å². The predicted molar refractivity (Wildman–Crippen MR) is 105 cm³/mol. The molecule has 1 amide bonds. The Bertz CT molecular complexity index is 833. The standard InChI is InChI=1S/C20H23F2N5O/c21-15-5-7-16(8-6-15)26-11-13-27(14-12-26)20(23)25-10-9-24-19(28)17-3-1-2-4-18(17)22/h1-8H,9-14H2,(H2,23,25)(H,24,28). The molecule has 6 nitrogen and oxygen atoms in total. The van der Waals surface area contributed by atoms with Gasteiger partial charge in [0, 0.05) is 38.4 Å². The van der Waals surface area contributed by atoms with E-state index in [0.717, 1.165) is 18.8 Å². The molecule has 0 aromatic heterocycles. The molecule has 2 aromatic carbocycles. The van der Waals surface area contributed by atoms with Gasteiger partial charge in [-0.15, -0.1) is 0 Å². The number of benzene rings is 2. The van der Waals surface area contributed by atoms with Gasteiger partial charge in [0.2, 0.25) is 0 Å². The lowest BCUT2D eigenvalue weighted by atomic mass is 10.2. The summed E-state index contributed by atoms with van der Waals surface area (Å²) in [5.41, 5.74) is 7.03. The van der Waals surface area contributed by atoms with E-state index < -0.39 is 11.7 Å². The number of guanidine groups is 1. The van der Waals surface area contributed by atoms with Crippen LogP contribution in [0.1, 0.15) is 10.4 Å². The monoisotopic (exact) mass is 387 g/mol. The highest BCUT2D eigenvalue weighted by molar-refractivity contribution is 5.94. The van der Waals surface area contributed by atoms with Crippen LogP contribution in [-0.4, -0.2) is 56.0 Å². The van der Waals surface area contributed by atoms with Gasteiger partial charge < -0.3 is 20.9 Å². The molecule has 28 heavy (non-hydrogen) atoms. The van der Waals surface area contributed by atoms with Crippen LogP contribution in [0, 0.1) is 11.6 Å². The lowest BCUT2D eigenvalue weighted by molar-refractivity contribution is 0.0950. The molecule has 1 heterocycles. The smallest absolute Gasteiger partial charge is 0.254 e. The summed E-state index contributed by atoms with van der Waals surface area (Å²) >= 11 is 0. The third-order valence-corrected chi connectivity index (χ3v) is 4.59. The number of hydrogen-bond acceptors (Lipinski definition) is 3. The average molecular weight is 387 g/mol. The van der Waals surface area contributed by atoms with Gasteiger partial charge in [0.1, 0.15) is 11.6 Å². The third-order valence-electron chi connectivity index (χ3n) is 4.59. The van der Waals surface area contributed by atoms with Crippen LogP contribution >= 0.6 is 0 Å². The van der Waals surface area contributed by atoms with E-state index in [1.165, 1.54) is 30.3 Å². The lowest BCUT2D eigenvalue weighted by Crippen LogP contribution is -2.51. The highest BCUT2D eigenvalue weighted by Crippen LogP contribution is 2.16. The van der Waals surface area contributed by atoms with Crippen molar-refractivity contribution in [2.24, 2.45) is 10.7 Å². The number of carbonyl (C=O) groups excluding carboxylic acids is 1. The van der Waals surface area contributed by atoms with E-state index in [4.69, 9.17) is 5.73 Å². The van der Waals surface area contributed by atoms with Crippen LogP contribution in [-0.2, 0) is 0 Å². The number of piperazine rings is 1. The molecule has 1 aliphatic rings. The third kappa shape index (κ3) is 4.97. The van der Waals surface area contributed by atoms with Gasteiger partial charge in [-0.2, -0.15) is 0 Å². The molecule has 3 rings (SSSR count). The number of halogens is 2. The Hall–Kier alpha value is -3.16. The summed E-state index contributed by atoms with van der Waals surface area (Å²) in [6.45, 7) is 3.49. The zero-order valence-corrected chi connectivity index (χ0v) is 15.4. The van der Waals surface area contributed by atoms with Gasteiger partial charge in [-0.1, -0.05) is 12.1 Å². The zero-order chi connectivity index (χ0) is 19.9. The predicted octanol–water partition coefficient (Wildman–Crippen LogP) is 1.83. The van der Waals surface area contributed by atoms with Gasteiger partial charge >= 0.3 is 0 Å². The molecule has 0 spiro atoms. The summed E-state index contributed by atoms with van der Waals surface area (Å²) < 4.78 is 26.6. The number of amides is 1. The molecule has 0 radical (unpaired) electrons. The normalized spacial score (nSPS) is 14.9. The van der Waals surface area contributed by atoms with Gasteiger partial charge in [0.15, 0.2) is 5.96 Å². The Morgan fingerprint density at radius 2 is 1.71 bits per heavy atom. The van der Waals surface area contributed by atoms with Crippen molar-refractivity contribution < 1.29 is 13.6 Å². The summed E-state index contributed by atoms with van der Waals surface area (Å²) in [5.74, 6) is -0.860. The minimum atomic E-state index is -0.554. The van der Waals surface area contributed by atoms with Crippen LogP contribution in [0.4, 0.5) is 14.5 Å². The van der Waals surface area contributed by atoms with Crippen LogP contribution in [0.2, 0.25) is 0 Å². The average Bonchev–Trinajstić information content (AvgIpc) is 2.72. The first kappa shape index (κ1) is 19.6. The van der Waals surface area contributed by atoms with Crippen LogP contribution in [0.3, 0.4) is 0 Å².